The Hall–Kier alpha value is -2.73. The molecule has 5 rings (SSSR count). The summed E-state index contributed by atoms with van der Waals surface area (Å²) in [6, 6.07) is 13.2. The maximum Gasteiger partial charge on any atom is 0.230 e. The number of carbonyl (C=O) groups excluding carboxylic acids is 2. The van der Waals surface area contributed by atoms with Gasteiger partial charge in [-0.1, -0.05) is 43.5 Å². The summed E-state index contributed by atoms with van der Waals surface area (Å²) in [5.41, 5.74) is 2.75. The number of anilines is 1. The van der Waals surface area contributed by atoms with Crippen LogP contribution in [-0.4, -0.2) is 52.0 Å². The highest BCUT2D eigenvalue weighted by Gasteiger charge is 2.55. The molecule has 2 amide bonds. The zero-order valence-electron chi connectivity index (χ0n) is 17.7. The summed E-state index contributed by atoms with van der Waals surface area (Å²) in [5.74, 6) is 0.285. The van der Waals surface area contributed by atoms with Gasteiger partial charge in [-0.05, 0) is 36.6 Å². The molecule has 3 atom stereocenters. The lowest BCUT2D eigenvalue weighted by atomic mass is 9.71. The van der Waals surface area contributed by atoms with E-state index in [4.69, 9.17) is 0 Å². The predicted octanol–water partition coefficient (Wildman–Crippen LogP) is 2.91. The predicted molar refractivity (Wildman–Crippen MR) is 118 cm³/mol. The van der Waals surface area contributed by atoms with Crippen molar-refractivity contribution in [2.75, 3.05) is 18.1 Å². The van der Waals surface area contributed by atoms with Crippen molar-refractivity contribution in [2.45, 2.75) is 56.5 Å². The van der Waals surface area contributed by atoms with Gasteiger partial charge in [0, 0.05) is 36.0 Å². The molecular weight excluding hydrogens is 390 g/mol. The second kappa shape index (κ2) is 8.42. The number of aromatic nitrogens is 1. The van der Waals surface area contributed by atoms with E-state index < -0.39 is 0 Å². The first-order valence-corrected chi connectivity index (χ1v) is 11.4. The molecule has 1 aromatic heterocycles. The second-order valence-electron chi connectivity index (χ2n) is 8.98. The third-order valence-corrected chi connectivity index (χ3v) is 7.25. The zero-order valence-corrected chi connectivity index (χ0v) is 17.7. The fraction of sp³-hybridized carbons (Fsp3) is 0.480. The fourth-order valence-electron chi connectivity index (χ4n) is 5.76. The molecule has 0 radical (unpaired) electrons. The molecule has 2 fully saturated rings. The number of likely N-dealkylation sites (tertiary alicyclic amines) is 1. The molecule has 3 aliphatic rings. The lowest BCUT2D eigenvalue weighted by molar-refractivity contribution is -0.150. The molecule has 0 unspecified atom stereocenters. The van der Waals surface area contributed by atoms with Gasteiger partial charge < -0.3 is 14.9 Å². The van der Waals surface area contributed by atoms with Crippen molar-refractivity contribution >= 4 is 17.5 Å². The number of hydrogen-bond donors (Lipinski definition) is 1. The molecule has 1 saturated heterocycles. The van der Waals surface area contributed by atoms with Crippen LogP contribution in [0.2, 0.25) is 0 Å². The van der Waals surface area contributed by atoms with Crippen molar-refractivity contribution in [1.82, 2.24) is 9.88 Å². The van der Waals surface area contributed by atoms with Gasteiger partial charge in [0.15, 0.2) is 0 Å². The van der Waals surface area contributed by atoms with Gasteiger partial charge in [-0.2, -0.15) is 0 Å². The minimum absolute atomic E-state index is 0.0385. The Balaban J connectivity index is 1.43. The molecule has 1 aromatic carbocycles. The van der Waals surface area contributed by atoms with Crippen molar-refractivity contribution in [2.24, 2.45) is 5.92 Å². The van der Waals surface area contributed by atoms with Crippen molar-refractivity contribution in [1.29, 1.82) is 0 Å². The van der Waals surface area contributed by atoms with E-state index in [0.29, 0.717) is 6.54 Å². The van der Waals surface area contributed by atoms with Gasteiger partial charge in [-0.3, -0.25) is 14.6 Å². The molecule has 6 heteroatoms. The van der Waals surface area contributed by atoms with Crippen LogP contribution in [0.1, 0.15) is 49.3 Å². The van der Waals surface area contributed by atoms with E-state index in [2.05, 4.69) is 11.1 Å². The summed E-state index contributed by atoms with van der Waals surface area (Å²) in [7, 11) is 0. The van der Waals surface area contributed by atoms with Gasteiger partial charge >= 0.3 is 0 Å². The van der Waals surface area contributed by atoms with E-state index in [0.717, 1.165) is 42.6 Å². The number of amides is 2. The van der Waals surface area contributed by atoms with Crippen molar-refractivity contribution in [3.63, 3.8) is 0 Å². The maximum atomic E-state index is 13.5. The monoisotopic (exact) mass is 419 g/mol. The second-order valence-corrected chi connectivity index (χ2v) is 8.98. The molecule has 0 bridgehead atoms. The Morgan fingerprint density at radius 1 is 1.03 bits per heavy atom. The molecule has 2 aliphatic heterocycles. The van der Waals surface area contributed by atoms with Crippen LogP contribution in [0.3, 0.4) is 0 Å². The molecule has 162 valence electrons. The summed E-state index contributed by atoms with van der Waals surface area (Å²) in [5, 5.41) is 10.1. The molecular formula is C25H29N3O3. The van der Waals surface area contributed by atoms with Crippen LogP contribution in [0.5, 0.6) is 0 Å². The maximum absolute atomic E-state index is 13.5. The molecule has 3 heterocycles. The van der Waals surface area contributed by atoms with E-state index in [-0.39, 0.29) is 48.8 Å². The number of carbonyl (C=O) groups is 2. The topological polar surface area (TPSA) is 73.7 Å². The summed E-state index contributed by atoms with van der Waals surface area (Å²) in [4.78, 5) is 34.7. The number of nitrogens with zero attached hydrogens (tertiary/aromatic N) is 3. The molecule has 1 aliphatic carbocycles. The highest BCUT2D eigenvalue weighted by atomic mass is 16.3. The SMILES string of the molecule is O=C(C1CCCCC1)N1C[C@@H]2[C@H](c3ccccc31)[C@H](CO)N2C(=O)Cc1ccccn1. The third kappa shape index (κ3) is 3.53. The number of pyridine rings is 1. The average molecular weight is 420 g/mol. The highest BCUT2D eigenvalue weighted by molar-refractivity contribution is 5.97. The number of aliphatic hydroxyl groups excluding tert-OH is 1. The first-order valence-electron chi connectivity index (χ1n) is 11.4. The van der Waals surface area contributed by atoms with E-state index in [1.165, 1.54) is 6.42 Å². The van der Waals surface area contributed by atoms with Crippen LogP contribution in [-0.2, 0) is 16.0 Å². The molecule has 31 heavy (non-hydrogen) atoms. The minimum Gasteiger partial charge on any atom is -0.394 e. The summed E-state index contributed by atoms with van der Waals surface area (Å²) in [6.45, 7) is 0.418. The lowest BCUT2D eigenvalue weighted by Gasteiger charge is -2.59. The lowest BCUT2D eigenvalue weighted by Crippen LogP contribution is -2.71. The summed E-state index contributed by atoms with van der Waals surface area (Å²) in [6.07, 6.45) is 7.23. The smallest absolute Gasteiger partial charge is 0.230 e. The number of hydrogen-bond acceptors (Lipinski definition) is 4. The number of para-hydroxylation sites is 1. The van der Waals surface area contributed by atoms with Gasteiger partial charge in [0.25, 0.3) is 0 Å². The fourth-order valence-corrected chi connectivity index (χ4v) is 5.76. The van der Waals surface area contributed by atoms with Gasteiger partial charge in [-0.25, -0.2) is 0 Å². The van der Waals surface area contributed by atoms with E-state index in [1.807, 2.05) is 41.3 Å². The van der Waals surface area contributed by atoms with Crippen LogP contribution in [0.25, 0.3) is 0 Å². The van der Waals surface area contributed by atoms with Crippen LogP contribution >= 0.6 is 0 Å². The third-order valence-electron chi connectivity index (χ3n) is 7.25. The van der Waals surface area contributed by atoms with Crippen molar-refractivity contribution in [3.05, 3.63) is 59.9 Å². The Morgan fingerprint density at radius 3 is 2.55 bits per heavy atom. The van der Waals surface area contributed by atoms with Crippen LogP contribution in [0.15, 0.2) is 48.7 Å². The van der Waals surface area contributed by atoms with Crippen LogP contribution < -0.4 is 4.90 Å². The Bertz CT molecular complexity index is 957. The molecule has 6 nitrogen and oxygen atoms in total. The van der Waals surface area contributed by atoms with E-state index in [1.54, 1.807) is 11.1 Å². The molecule has 1 saturated carbocycles. The quantitative estimate of drug-likeness (QED) is 0.827. The van der Waals surface area contributed by atoms with Crippen molar-refractivity contribution in [3.8, 4) is 0 Å². The highest BCUT2D eigenvalue weighted by Crippen LogP contribution is 2.48. The first-order chi connectivity index (χ1) is 15.2. The van der Waals surface area contributed by atoms with Crippen molar-refractivity contribution < 1.29 is 14.7 Å². The van der Waals surface area contributed by atoms with Crippen LogP contribution in [0.4, 0.5) is 5.69 Å². The Morgan fingerprint density at radius 2 is 1.81 bits per heavy atom. The summed E-state index contributed by atoms with van der Waals surface area (Å²) >= 11 is 0. The van der Waals surface area contributed by atoms with E-state index >= 15 is 0 Å². The first kappa shape index (κ1) is 20.2. The zero-order chi connectivity index (χ0) is 21.4. The molecule has 0 spiro atoms. The van der Waals surface area contributed by atoms with Crippen LogP contribution in [0, 0.1) is 5.92 Å². The minimum atomic E-state index is -0.255. The Kier molecular flexibility index (Phi) is 5.48. The normalized spacial score (nSPS) is 25.4. The largest absolute Gasteiger partial charge is 0.394 e. The average Bonchev–Trinajstić information content (AvgIpc) is 2.80. The number of rotatable bonds is 4. The van der Waals surface area contributed by atoms with Gasteiger partial charge in [-0.15, -0.1) is 0 Å². The van der Waals surface area contributed by atoms with Gasteiger partial charge in [0.05, 0.1) is 25.1 Å². The summed E-state index contributed by atoms with van der Waals surface area (Å²) < 4.78 is 0. The van der Waals surface area contributed by atoms with E-state index in [9.17, 15) is 14.7 Å². The van der Waals surface area contributed by atoms with Gasteiger partial charge in [0.1, 0.15) is 0 Å². The number of fused-ring (bicyclic) bond motifs is 3. The Labute approximate surface area is 182 Å². The standard InChI is InChI=1S/C25H29N3O3/c29-16-22-24-19-11-4-5-12-20(19)27(25(31)17-8-2-1-3-9-17)15-21(24)28(22)23(30)14-18-10-6-7-13-26-18/h4-7,10-13,17,21-22,24,29H,1-3,8-9,14-16H2/t21-,22+,24+/m1/s1. The number of aliphatic hydroxyl groups is 1. The number of benzene rings is 1. The molecule has 2 aromatic rings. The van der Waals surface area contributed by atoms with Gasteiger partial charge in [0.2, 0.25) is 11.8 Å². The molecule has 1 N–H and O–H groups in total.